The molecular weight excluding hydrogens is 259 g/mol. The maximum absolute atomic E-state index is 13.8. The molecule has 2 atom stereocenters. The highest BCUT2D eigenvalue weighted by Gasteiger charge is 2.72. The predicted octanol–water partition coefficient (Wildman–Crippen LogP) is 1.84. The molecule has 0 aromatic heterocycles. The van der Waals surface area contributed by atoms with E-state index in [1.807, 2.05) is 19.9 Å². The Morgan fingerprint density at radius 3 is 2.40 bits per heavy atom. The van der Waals surface area contributed by atoms with Crippen LogP contribution in [0, 0.1) is 34.4 Å². The van der Waals surface area contributed by atoms with Crippen LogP contribution in [-0.4, -0.2) is 16.7 Å². The van der Waals surface area contributed by atoms with Crippen molar-refractivity contribution in [2.24, 2.45) is 17.3 Å². The molecule has 4 nitrogen and oxygen atoms in total. The molecular formula is C15H13FN2O2. The molecule has 2 aliphatic rings. The van der Waals surface area contributed by atoms with E-state index in [9.17, 15) is 14.0 Å². The van der Waals surface area contributed by atoms with Crippen LogP contribution in [0.1, 0.15) is 25.0 Å². The summed E-state index contributed by atoms with van der Waals surface area (Å²) < 4.78 is 13.8. The van der Waals surface area contributed by atoms with E-state index in [0.29, 0.717) is 0 Å². The number of hydrogen-bond donors (Lipinski definition) is 0. The first kappa shape index (κ1) is 12.8. The minimum atomic E-state index is -0.565. The van der Waals surface area contributed by atoms with E-state index in [2.05, 4.69) is 0 Å². The number of carbonyl (C=O) groups is 2. The molecule has 1 saturated carbocycles. The molecule has 2 amide bonds. The van der Waals surface area contributed by atoms with Gasteiger partial charge in [0.05, 0.1) is 30.0 Å². The van der Waals surface area contributed by atoms with E-state index in [1.165, 1.54) is 12.1 Å². The van der Waals surface area contributed by atoms with E-state index >= 15 is 0 Å². The number of hydrogen-bond acceptors (Lipinski definition) is 3. The second-order valence-corrected chi connectivity index (χ2v) is 5.96. The van der Waals surface area contributed by atoms with Crippen LogP contribution in [0.4, 0.5) is 4.39 Å². The van der Waals surface area contributed by atoms with Crippen molar-refractivity contribution < 1.29 is 14.0 Å². The molecule has 1 heterocycles. The van der Waals surface area contributed by atoms with Crippen LogP contribution in [0.25, 0.3) is 0 Å². The van der Waals surface area contributed by atoms with Crippen molar-refractivity contribution in [1.82, 2.24) is 4.90 Å². The van der Waals surface area contributed by atoms with Gasteiger partial charge in [-0.15, -0.1) is 0 Å². The van der Waals surface area contributed by atoms with Gasteiger partial charge < -0.3 is 0 Å². The normalized spacial score (nSPS) is 26.4. The quantitative estimate of drug-likeness (QED) is 0.772. The lowest BCUT2D eigenvalue weighted by Gasteiger charge is -2.20. The molecule has 2 unspecified atom stereocenters. The Balaban J connectivity index is 1.82. The molecule has 20 heavy (non-hydrogen) atoms. The average molecular weight is 272 g/mol. The molecule has 0 spiro atoms. The number of nitriles is 1. The van der Waals surface area contributed by atoms with E-state index in [4.69, 9.17) is 5.26 Å². The monoisotopic (exact) mass is 272 g/mol. The van der Waals surface area contributed by atoms with Crippen molar-refractivity contribution in [3.05, 3.63) is 35.1 Å². The Morgan fingerprint density at radius 1 is 1.30 bits per heavy atom. The second kappa shape index (κ2) is 3.89. The Labute approximate surface area is 115 Å². The van der Waals surface area contributed by atoms with Crippen molar-refractivity contribution in [2.45, 2.75) is 20.4 Å². The average Bonchev–Trinajstić information content (AvgIpc) is 2.87. The largest absolute Gasteiger partial charge is 0.277 e. The lowest BCUT2D eigenvalue weighted by atomic mass is 10.0. The maximum Gasteiger partial charge on any atom is 0.233 e. The van der Waals surface area contributed by atoms with Crippen molar-refractivity contribution in [3.8, 4) is 6.07 Å². The van der Waals surface area contributed by atoms with Gasteiger partial charge in [0, 0.05) is 5.56 Å². The summed E-state index contributed by atoms with van der Waals surface area (Å²) in [5, 5.41) is 8.68. The summed E-state index contributed by atoms with van der Waals surface area (Å²) in [6, 6.07) is 5.89. The smallest absolute Gasteiger partial charge is 0.233 e. The number of benzene rings is 1. The van der Waals surface area contributed by atoms with Crippen molar-refractivity contribution in [1.29, 1.82) is 5.26 Å². The fourth-order valence-corrected chi connectivity index (χ4v) is 3.08. The summed E-state index contributed by atoms with van der Waals surface area (Å²) in [7, 11) is 0. The van der Waals surface area contributed by atoms with E-state index in [-0.39, 0.29) is 46.7 Å². The molecule has 1 aromatic rings. The summed E-state index contributed by atoms with van der Waals surface area (Å²) in [6.45, 7) is 3.74. The molecule has 0 N–H and O–H groups in total. The number of halogens is 1. The van der Waals surface area contributed by atoms with Crippen LogP contribution in [0.5, 0.6) is 0 Å². The minimum absolute atomic E-state index is 0.0573. The Morgan fingerprint density at radius 2 is 1.90 bits per heavy atom. The van der Waals surface area contributed by atoms with E-state index in [0.717, 1.165) is 11.0 Å². The second-order valence-electron chi connectivity index (χ2n) is 5.96. The summed E-state index contributed by atoms with van der Waals surface area (Å²) in [4.78, 5) is 25.4. The summed E-state index contributed by atoms with van der Waals surface area (Å²) in [5.74, 6) is -1.50. The van der Waals surface area contributed by atoms with Gasteiger partial charge in [0.25, 0.3) is 0 Å². The number of fused-ring (bicyclic) bond motifs is 1. The van der Waals surface area contributed by atoms with E-state index in [1.54, 1.807) is 0 Å². The summed E-state index contributed by atoms with van der Waals surface area (Å²) in [5.41, 5.74) is 0.215. The molecule has 1 aliphatic heterocycles. The van der Waals surface area contributed by atoms with E-state index < -0.39 is 5.82 Å². The molecule has 0 bridgehead atoms. The zero-order valence-electron chi connectivity index (χ0n) is 11.2. The van der Waals surface area contributed by atoms with Gasteiger partial charge in [-0.05, 0) is 17.5 Å². The number of rotatable bonds is 2. The number of likely N-dealkylation sites (tertiary alicyclic amines) is 1. The standard InChI is InChI=1S/C15H13FN2O2/c1-15(2)11-12(15)14(20)18(13(11)19)7-9-4-3-8(6-17)5-10(9)16/h3-5,11-12H,7H2,1-2H3. The first-order chi connectivity index (χ1) is 9.37. The minimum Gasteiger partial charge on any atom is -0.277 e. The van der Waals surface area contributed by atoms with Crippen LogP contribution in [0.15, 0.2) is 18.2 Å². The zero-order chi connectivity index (χ0) is 14.7. The van der Waals surface area contributed by atoms with Crippen LogP contribution in [-0.2, 0) is 16.1 Å². The molecule has 0 radical (unpaired) electrons. The summed E-state index contributed by atoms with van der Waals surface area (Å²) in [6.07, 6.45) is 0. The number of piperidine rings is 1. The first-order valence-corrected chi connectivity index (χ1v) is 6.41. The lowest BCUT2D eigenvalue weighted by Crippen LogP contribution is -2.35. The van der Waals surface area contributed by atoms with Gasteiger partial charge in [0.15, 0.2) is 0 Å². The molecule has 1 aromatic carbocycles. The molecule has 2 fully saturated rings. The van der Waals surface area contributed by atoms with Crippen molar-refractivity contribution in [3.63, 3.8) is 0 Å². The maximum atomic E-state index is 13.8. The first-order valence-electron chi connectivity index (χ1n) is 6.41. The highest BCUT2D eigenvalue weighted by Crippen LogP contribution is 2.63. The van der Waals surface area contributed by atoms with Crippen LogP contribution in [0.2, 0.25) is 0 Å². The van der Waals surface area contributed by atoms with Crippen molar-refractivity contribution >= 4 is 11.8 Å². The summed E-state index contributed by atoms with van der Waals surface area (Å²) >= 11 is 0. The highest BCUT2D eigenvalue weighted by molar-refractivity contribution is 6.10. The fourth-order valence-electron chi connectivity index (χ4n) is 3.08. The number of imide groups is 1. The van der Waals surface area contributed by atoms with Crippen LogP contribution >= 0.6 is 0 Å². The van der Waals surface area contributed by atoms with Crippen molar-refractivity contribution in [2.75, 3.05) is 0 Å². The molecule has 1 saturated heterocycles. The van der Waals surface area contributed by atoms with Gasteiger partial charge in [0.1, 0.15) is 5.82 Å². The highest BCUT2D eigenvalue weighted by atomic mass is 19.1. The van der Waals surface area contributed by atoms with Gasteiger partial charge in [0.2, 0.25) is 11.8 Å². The molecule has 102 valence electrons. The van der Waals surface area contributed by atoms with Gasteiger partial charge in [-0.3, -0.25) is 14.5 Å². The third-order valence-corrected chi connectivity index (χ3v) is 4.40. The van der Waals surface area contributed by atoms with Gasteiger partial charge in [-0.1, -0.05) is 19.9 Å². The molecule has 3 rings (SSSR count). The Bertz CT molecular complexity index is 651. The third-order valence-electron chi connectivity index (χ3n) is 4.40. The predicted molar refractivity (Wildman–Crippen MR) is 67.4 cm³/mol. The number of nitrogens with zero attached hydrogens (tertiary/aromatic N) is 2. The van der Waals surface area contributed by atoms with Gasteiger partial charge in [-0.2, -0.15) is 5.26 Å². The lowest BCUT2D eigenvalue weighted by molar-refractivity contribution is -0.143. The Kier molecular flexibility index (Phi) is 2.49. The topological polar surface area (TPSA) is 61.2 Å². The molecule has 1 aliphatic carbocycles. The number of carbonyl (C=O) groups excluding carboxylic acids is 2. The number of amides is 2. The van der Waals surface area contributed by atoms with Crippen LogP contribution < -0.4 is 0 Å². The zero-order valence-corrected chi connectivity index (χ0v) is 11.2. The molecule has 5 heteroatoms. The third kappa shape index (κ3) is 1.58. The Hall–Kier alpha value is -2.22. The fraction of sp³-hybridized carbons (Fsp3) is 0.400. The van der Waals surface area contributed by atoms with Gasteiger partial charge >= 0.3 is 0 Å². The van der Waals surface area contributed by atoms with Gasteiger partial charge in [-0.25, -0.2) is 4.39 Å². The SMILES string of the molecule is CC1(C)C2C(=O)N(Cc3ccc(C#N)cc3F)C(=O)C21. The van der Waals surface area contributed by atoms with Crippen LogP contribution in [0.3, 0.4) is 0 Å².